The first-order valence-electron chi connectivity index (χ1n) is 11.7. The Kier molecular flexibility index (Phi) is 7.44. The van der Waals surface area contributed by atoms with Crippen molar-refractivity contribution in [2.75, 3.05) is 19.6 Å². The Morgan fingerprint density at radius 1 is 1.16 bits per heavy atom. The molecule has 4 rings (SSSR count). The molecule has 0 amide bonds. The van der Waals surface area contributed by atoms with E-state index in [0.717, 1.165) is 67.2 Å². The molecule has 1 N–H and O–H groups in total. The Hall–Kier alpha value is -2.43. The molecule has 1 unspecified atom stereocenters. The summed E-state index contributed by atoms with van der Waals surface area (Å²) in [5.74, 6) is 0.430. The SMILES string of the molecule is C/C=[N+](O)\C=C/C(C)CCN1CCC(=C2c3ccc(Cl)cc3CCc3cccnc32)CC1. The van der Waals surface area contributed by atoms with Crippen molar-refractivity contribution in [1.82, 2.24) is 9.88 Å². The highest BCUT2D eigenvalue weighted by molar-refractivity contribution is 6.30. The third-order valence-electron chi connectivity index (χ3n) is 6.67. The van der Waals surface area contributed by atoms with Gasteiger partial charge in [-0.3, -0.25) is 10.2 Å². The van der Waals surface area contributed by atoms with Gasteiger partial charge in [0.25, 0.3) is 0 Å². The molecule has 168 valence electrons. The predicted octanol–water partition coefficient (Wildman–Crippen LogP) is 5.76. The minimum Gasteiger partial charge on any atom is -0.303 e. The van der Waals surface area contributed by atoms with E-state index in [0.29, 0.717) is 5.92 Å². The second-order valence-electron chi connectivity index (χ2n) is 8.88. The molecule has 2 aromatic rings. The number of allylic oxidation sites excluding steroid dienone is 1. The van der Waals surface area contributed by atoms with Crippen LogP contribution < -0.4 is 0 Å². The van der Waals surface area contributed by atoms with Gasteiger partial charge in [0, 0.05) is 36.8 Å². The van der Waals surface area contributed by atoms with Gasteiger partial charge in [0.2, 0.25) is 6.20 Å². The molecule has 4 nitrogen and oxygen atoms in total. The highest BCUT2D eigenvalue weighted by atomic mass is 35.5. The first kappa shape index (κ1) is 22.8. The molecule has 0 radical (unpaired) electrons. The van der Waals surface area contributed by atoms with Crippen LogP contribution in [0.5, 0.6) is 0 Å². The molecule has 1 atom stereocenters. The molecule has 2 aliphatic rings. The molecule has 1 fully saturated rings. The third kappa shape index (κ3) is 5.31. The lowest BCUT2D eigenvalue weighted by Gasteiger charge is -2.30. The van der Waals surface area contributed by atoms with E-state index in [4.69, 9.17) is 16.6 Å². The second-order valence-corrected chi connectivity index (χ2v) is 9.31. The molecule has 1 saturated heterocycles. The minimum atomic E-state index is 0.430. The molecular formula is C27H33ClN3O+. The molecule has 2 heterocycles. The molecule has 0 spiro atoms. The van der Waals surface area contributed by atoms with Gasteiger partial charge < -0.3 is 4.90 Å². The number of pyridine rings is 1. The molecule has 0 bridgehead atoms. The number of likely N-dealkylation sites (tertiary alicyclic amines) is 1. The van der Waals surface area contributed by atoms with Crippen molar-refractivity contribution in [3.8, 4) is 0 Å². The monoisotopic (exact) mass is 450 g/mol. The lowest BCUT2D eigenvalue weighted by molar-refractivity contribution is -0.722. The number of nitrogens with zero attached hydrogens (tertiary/aromatic N) is 3. The van der Waals surface area contributed by atoms with E-state index in [-0.39, 0.29) is 0 Å². The van der Waals surface area contributed by atoms with Crippen molar-refractivity contribution in [3.63, 3.8) is 0 Å². The molecule has 5 heteroatoms. The second kappa shape index (κ2) is 10.5. The van der Waals surface area contributed by atoms with Gasteiger partial charge in [-0.05, 0) is 90.3 Å². The van der Waals surface area contributed by atoms with Crippen molar-refractivity contribution in [2.45, 2.75) is 46.0 Å². The van der Waals surface area contributed by atoms with E-state index >= 15 is 0 Å². The van der Waals surface area contributed by atoms with Gasteiger partial charge in [-0.1, -0.05) is 36.2 Å². The third-order valence-corrected chi connectivity index (χ3v) is 6.91. The first-order chi connectivity index (χ1) is 15.5. The maximum absolute atomic E-state index is 9.51. The Bertz CT molecular complexity index is 1050. The number of benzene rings is 1. The average molecular weight is 451 g/mol. The van der Waals surface area contributed by atoms with Crippen molar-refractivity contribution in [1.29, 1.82) is 0 Å². The van der Waals surface area contributed by atoms with E-state index < -0.39 is 0 Å². The number of rotatable bonds is 5. The van der Waals surface area contributed by atoms with Gasteiger partial charge >= 0.3 is 0 Å². The van der Waals surface area contributed by atoms with E-state index in [1.54, 1.807) is 12.4 Å². The Morgan fingerprint density at radius 3 is 2.72 bits per heavy atom. The highest BCUT2D eigenvalue weighted by Crippen LogP contribution is 2.38. The lowest BCUT2D eigenvalue weighted by atomic mass is 9.88. The van der Waals surface area contributed by atoms with Crippen LogP contribution >= 0.6 is 11.6 Å². The van der Waals surface area contributed by atoms with Crippen LogP contribution in [0.2, 0.25) is 5.02 Å². The number of hydrogen-bond acceptors (Lipinski definition) is 3. The van der Waals surface area contributed by atoms with E-state index in [2.05, 4.69) is 42.2 Å². The average Bonchev–Trinajstić information content (AvgIpc) is 2.98. The summed E-state index contributed by atoms with van der Waals surface area (Å²) in [6.07, 6.45) is 12.6. The summed E-state index contributed by atoms with van der Waals surface area (Å²) in [6, 6.07) is 10.6. The molecule has 1 aromatic heterocycles. The molecule has 0 saturated carbocycles. The summed E-state index contributed by atoms with van der Waals surface area (Å²) in [7, 11) is 0. The standard InChI is InChI=1S/C27H33ClN3O/c1-3-31(32)18-11-20(2)10-15-30-16-12-21(13-17-30)26-25-9-8-24(28)19-23(25)7-6-22-5-4-14-29-27(22)26/h3-5,8-9,11,14,18-20,32H,6-7,10,12-13,15-17H2,1-2H3/q+1/b18-11-,31-3+. The fraction of sp³-hybridized carbons (Fsp3) is 0.407. The Morgan fingerprint density at radius 2 is 1.94 bits per heavy atom. The van der Waals surface area contributed by atoms with Crippen molar-refractivity contribution in [2.24, 2.45) is 5.92 Å². The van der Waals surface area contributed by atoms with E-state index in [9.17, 15) is 5.21 Å². The maximum Gasteiger partial charge on any atom is 0.218 e. The van der Waals surface area contributed by atoms with Gasteiger partial charge in [-0.15, -0.1) is 0 Å². The van der Waals surface area contributed by atoms with Gasteiger partial charge in [0.1, 0.15) is 0 Å². The van der Waals surface area contributed by atoms with Crippen LogP contribution in [0.1, 0.15) is 55.5 Å². The van der Waals surface area contributed by atoms with Crippen LogP contribution in [0.4, 0.5) is 0 Å². The van der Waals surface area contributed by atoms with Crippen molar-refractivity contribution < 1.29 is 9.95 Å². The van der Waals surface area contributed by atoms with Crippen LogP contribution in [0.15, 0.2) is 54.4 Å². The van der Waals surface area contributed by atoms with E-state index in [1.165, 1.54) is 27.8 Å². The maximum atomic E-state index is 9.51. The van der Waals surface area contributed by atoms with Gasteiger partial charge in [-0.2, -0.15) is 0 Å². The number of hydroxylamine groups is 1. The normalized spacial score (nSPS) is 18.4. The summed E-state index contributed by atoms with van der Waals surface area (Å²) in [4.78, 5) is 7.40. The summed E-state index contributed by atoms with van der Waals surface area (Å²) < 4.78 is 1.11. The minimum absolute atomic E-state index is 0.430. The quantitative estimate of drug-likeness (QED) is 0.272. The largest absolute Gasteiger partial charge is 0.303 e. The van der Waals surface area contributed by atoms with Crippen molar-refractivity contribution in [3.05, 3.63) is 81.8 Å². The number of halogens is 1. The van der Waals surface area contributed by atoms with Gasteiger partial charge in [0.15, 0.2) is 6.21 Å². The van der Waals surface area contributed by atoms with Crippen LogP contribution in [0.3, 0.4) is 0 Å². The fourth-order valence-corrected chi connectivity index (χ4v) is 4.93. The smallest absolute Gasteiger partial charge is 0.218 e. The van der Waals surface area contributed by atoms with Gasteiger partial charge in [-0.25, -0.2) is 0 Å². The zero-order valence-electron chi connectivity index (χ0n) is 19.1. The molecular weight excluding hydrogens is 418 g/mol. The number of fused-ring (bicyclic) bond motifs is 2. The summed E-state index contributed by atoms with van der Waals surface area (Å²) in [5.41, 5.74) is 8.02. The summed E-state index contributed by atoms with van der Waals surface area (Å²) in [6.45, 7) is 7.25. The van der Waals surface area contributed by atoms with Crippen LogP contribution in [-0.4, -0.2) is 45.7 Å². The zero-order valence-corrected chi connectivity index (χ0v) is 19.9. The number of aromatic nitrogens is 1. The highest BCUT2D eigenvalue weighted by Gasteiger charge is 2.25. The topological polar surface area (TPSA) is 39.4 Å². The fourth-order valence-electron chi connectivity index (χ4n) is 4.73. The summed E-state index contributed by atoms with van der Waals surface area (Å²) >= 11 is 6.34. The molecule has 32 heavy (non-hydrogen) atoms. The van der Waals surface area contributed by atoms with Gasteiger partial charge in [0.05, 0.1) is 5.69 Å². The predicted molar refractivity (Wildman–Crippen MR) is 131 cm³/mol. The zero-order chi connectivity index (χ0) is 22.5. The number of aryl methyl sites for hydroxylation is 2. The molecule has 1 aromatic carbocycles. The molecule has 1 aliphatic carbocycles. The van der Waals surface area contributed by atoms with Crippen molar-refractivity contribution >= 4 is 23.4 Å². The van der Waals surface area contributed by atoms with E-state index in [1.807, 2.05) is 19.2 Å². The summed E-state index contributed by atoms with van der Waals surface area (Å²) in [5, 5.41) is 10.3. The molecule has 1 aliphatic heterocycles. The first-order valence-corrected chi connectivity index (χ1v) is 12.1. The van der Waals surface area contributed by atoms with Crippen LogP contribution in [0.25, 0.3) is 5.57 Å². The van der Waals surface area contributed by atoms with Crippen LogP contribution in [0, 0.1) is 5.92 Å². The van der Waals surface area contributed by atoms with Crippen LogP contribution in [-0.2, 0) is 12.8 Å². The Balaban J connectivity index is 1.51. The number of piperidine rings is 1. The Labute approximate surface area is 196 Å². The number of hydrogen-bond donors (Lipinski definition) is 1. The lowest BCUT2D eigenvalue weighted by Crippen LogP contribution is -2.32.